The molecule has 22 heavy (non-hydrogen) atoms. The molecule has 3 amide bonds. The van der Waals surface area contributed by atoms with Crippen LogP contribution in [0.25, 0.3) is 0 Å². The largest absolute Gasteiger partial charge is 0.382 e. The number of benzene rings is 1. The van der Waals surface area contributed by atoms with Gasteiger partial charge in [0.25, 0.3) is 5.91 Å². The smallest absolute Gasteiger partial charge is 0.315 e. The van der Waals surface area contributed by atoms with Gasteiger partial charge in [-0.05, 0) is 31.0 Å². The lowest BCUT2D eigenvalue weighted by molar-refractivity contribution is 0.0827. The zero-order valence-electron chi connectivity index (χ0n) is 13.5. The molecule has 6 nitrogen and oxygen atoms in total. The average molecular weight is 307 g/mol. The highest BCUT2D eigenvalue weighted by atomic mass is 16.5. The lowest BCUT2D eigenvalue weighted by atomic mass is 10.1. The van der Waals surface area contributed by atoms with Crippen molar-refractivity contribution in [1.29, 1.82) is 0 Å². The first-order valence-electron chi connectivity index (χ1n) is 7.44. The number of ether oxygens (including phenoxy) is 1. The third-order valence-electron chi connectivity index (χ3n) is 3.02. The highest BCUT2D eigenvalue weighted by Crippen LogP contribution is 2.06. The maximum Gasteiger partial charge on any atom is 0.315 e. The van der Waals surface area contributed by atoms with Gasteiger partial charge in [-0.15, -0.1) is 0 Å². The fraction of sp³-hybridized carbons (Fsp3) is 0.500. The number of amides is 3. The normalized spacial score (nSPS) is 10.1. The second kappa shape index (κ2) is 9.78. The molecule has 0 atom stereocenters. The maximum atomic E-state index is 11.8. The van der Waals surface area contributed by atoms with Crippen molar-refractivity contribution in [2.45, 2.75) is 19.9 Å². The third kappa shape index (κ3) is 6.58. The zero-order chi connectivity index (χ0) is 16.4. The quantitative estimate of drug-likeness (QED) is 0.717. The summed E-state index contributed by atoms with van der Waals surface area (Å²) in [5, 5.41) is 5.54. The SMILES string of the molecule is CCOCCCNC(=O)NCc1ccc(C(=O)N(C)C)cc1. The van der Waals surface area contributed by atoms with Gasteiger partial charge in [-0.1, -0.05) is 12.1 Å². The van der Waals surface area contributed by atoms with Gasteiger partial charge < -0.3 is 20.3 Å². The van der Waals surface area contributed by atoms with E-state index in [1.165, 1.54) is 4.90 Å². The molecule has 0 heterocycles. The van der Waals surface area contributed by atoms with Crippen LogP contribution in [-0.4, -0.2) is 50.7 Å². The van der Waals surface area contributed by atoms with Crippen molar-refractivity contribution >= 4 is 11.9 Å². The van der Waals surface area contributed by atoms with E-state index in [9.17, 15) is 9.59 Å². The van der Waals surface area contributed by atoms with Gasteiger partial charge in [-0.2, -0.15) is 0 Å². The summed E-state index contributed by atoms with van der Waals surface area (Å²) in [4.78, 5) is 24.9. The fourth-order valence-electron chi connectivity index (χ4n) is 1.79. The molecule has 1 aromatic rings. The van der Waals surface area contributed by atoms with Crippen molar-refractivity contribution in [3.63, 3.8) is 0 Å². The Labute approximate surface area is 131 Å². The molecule has 0 aliphatic carbocycles. The van der Waals surface area contributed by atoms with Crippen molar-refractivity contribution in [2.75, 3.05) is 33.9 Å². The molecule has 122 valence electrons. The molecule has 0 aromatic heterocycles. The van der Waals surface area contributed by atoms with Gasteiger partial charge in [0.15, 0.2) is 0 Å². The molecule has 1 aromatic carbocycles. The van der Waals surface area contributed by atoms with Crippen molar-refractivity contribution in [1.82, 2.24) is 15.5 Å². The molecule has 0 unspecified atom stereocenters. The van der Waals surface area contributed by atoms with E-state index < -0.39 is 0 Å². The van der Waals surface area contributed by atoms with E-state index >= 15 is 0 Å². The molecule has 6 heteroatoms. The average Bonchev–Trinajstić information content (AvgIpc) is 2.52. The third-order valence-corrected chi connectivity index (χ3v) is 3.02. The molecule has 1 rings (SSSR count). The Kier molecular flexibility index (Phi) is 7.99. The highest BCUT2D eigenvalue weighted by molar-refractivity contribution is 5.93. The molecule has 0 fully saturated rings. The number of nitrogens with zero attached hydrogens (tertiary/aromatic N) is 1. The second-order valence-corrected chi connectivity index (χ2v) is 5.06. The van der Waals surface area contributed by atoms with Gasteiger partial charge in [-0.25, -0.2) is 4.79 Å². The zero-order valence-corrected chi connectivity index (χ0v) is 13.5. The predicted molar refractivity (Wildman–Crippen MR) is 85.8 cm³/mol. The summed E-state index contributed by atoms with van der Waals surface area (Å²) < 4.78 is 5.19. The lowest BCUT2D eigenvalue weighted by Crippen LogP contribution is -2.35. The molecule has 0 aliphatic rings. The molecule has 0 bridgehead atoms. The van der Waals surface area contributed by atoms with Gasteiger partial charge in [0.1, 0.15) is 0 Å². The van der Waals surface area contributed by atoms with Gasteiger partial charge in [0.05, 0.1) is 0 Å². The number of carbonyl (C=O) groups is 2. The van der Waals surface area contributed by atoms with Crippen LogP contribution < -0.4 is 10.6 Å². The number of hydrogen-bond acceptors (Lipinski definition) is 3. The van der Waals surface area contributed by atoms with Crippen molar-refractivity contribution in [3.05, 3.63) is 35.4 Å². The van der Waals surface area contributed by atoms with E-state index in [4.69, 9.17) is 4.74 Å². The molecule has 0 saturated heterocycles. The number of carbonyl (C=O) groups excluding carboxylic acids is 2. The Bertz CT molecular complexity index is 472. The van der Waals surface area contributed by atoms with Gasteiger partial charge in [0.2, 0.25) is 0 Å². The number of nitrogens with one attached hydrogen (secondary N) is 2. The first-order valence-corrected chi connectivity index (χ1v) is 7.44. The van der Waals surface area contributed by atoms with Crippen LogP contribution in [0.15, 0.2) is 24.3 Å². The minimum absolute atomic E-state index is 0.0356. The number of rotatable bonds is 8. The summed E-state index contributed by atoms with van der Waals surface area (Å²) in [6, 6.07) is 7.00. The Balaban J connectivity index is 2.29. The van der Waals surface area contributed by atoms with E-state index in [0.717, 1.165) is 12.0 Å². The summed E-state index contributed by atoms with van der Waals surface area (Å²) in [6.45, 7) is 4.30. The van der Waals surface area contributed by atoms with Crippen LogP contribution in [0.3, 0.4) is 0 Å². The monoisotopic (exact) mass is 307 g/mol. The van der Waals surface area contributed by atoms with Gasteiger partial charge >= 0.3 is 6.03 Å². The van der Waals surface area contributed by atoms with E-state index in [1.807, 2.05) is 19.1 Å². The number of hydrogen-bond donors (Lipinski definition) is 2. The number of urea groups is 1. The summed E-state index contributed by atoms with van der Waals surface area (Å²) in [5.74, 6) is -0.0356. The van der Waals surface area contributed by atoms with Crippen LogP contribution >= 0.6 is 0 Å². The van der Waals surface area contributed by atoms with Crippen LogP contribution in [0.4, 0.5) is 4.79 Å². The molecule has 2 N–H and O–H groups in total. The predicted octanol–water partition coefficient (Wildman–Crippen LogP) is 1.61. The first-order chi connectivity index (χ1) is 10.5. The molecule has 0 spiro atoms. The Morgan fingerprint density at radius 1 is 1.14 bits per heavy atom. The van der Waals surface area contributed by atoms with Crippen molar-refractivity contribution in [2.24, 2.45) is 0 Å². The summed E-state index contributed by atoms with van der Waals surface area (Å²) in [6.07, 6.45) is 0.794. The Hall–Kier alpha value is -2.08. The Morgan fingerprint density at radius 2 is 1.82 bits per heavy atom. The summed E-state index contributed by atoms with van der Waals surface area (Å²) >= 11 is 0. The molecular formula is C16H25N3O3. The molecule has 0 saturated carbocycles. The van der Waals surface area contributed by atoms with Crippen molar-refractivity contribution in [3.8, 4) is 0 Å². The van der Waals surface area contributed by atoms with E-state index in [2.05, 4.69) is 10.6 Å². The van der Waals surface area contributed by atoms with Crippen LogP contribution in [0.5, 0.6) is 0 Å². The van der Waals surface area contributed by atoms with Gasteiger partial charge in [-0.3, -0.25) is 4.79 Å². The molecule has 0 radical (unpaired) electrons. The van der Waals surface area contributed by atoms with Gasteiger partial charge in [0, 0.05) is 46.0 Å². The van der Waals surface area contributed by atoms with Crippen LogP contribution in [-0.2, 0) is 11.3 Å². The summed E-state index contributed by atoms with van der Waals surface area (Å²) in [7, 11) is 3.43. The lowest BCUT2D eigenvalue weighted by Gasteiger charge is -2.11. The van der Waals surface area contributed by atoms with E-state index in [-0.39, 0.29) is 11.9 Å². The minimum Gasteiger partial charge on any atom is -0.382 e. The second-order valence-electron chi connectivity index (χ2n) is 5.06. The summed E-state index contributed by atoms with van der Waals surface area (Å²) in [5.41, 5.74) is 1.58. The first kappa shape index (κ1) is 18.0. The van der Waals surface area contributed by atoms with E-state index in [0.29, 0.717) is 31.9 Å². The van der Waals surface area contributed by atoms with Crippen LogP contribution in [0.2, 0.25) is 0 Å². The van der Waals surface area contributed by atoms with Crippen molar-refractivity contribution < 1.29 is 14.3 Å². The standard InChI is InChI=1S/C16H25N3O3/c1-4-22-11-5-10-17-16(21)18-12-13-6-8-14(9-7-13)15(20)19(2)3/h6-9H,4-5,10-12H2,1-3H3,(H2,17,18,21). The topological polar surface area (TPSA) is 70.7 Å². The fourth-order valence-corrected chi connectivity index (χ4v) is 1.79. The van der Waals surface area contributed by atoms with Crippen LogP contribution in [0, 0.1) is 0 Å². The van der Waals surface area contributed by atoms with Crippen LogP contribution in [0.1, 0.15) is 29.3 Å². The Morgan fingerprint density at radius 3 is 2.41 bits per heavy atom. The highest BCUT2D eigenvalue weighted by Gasteiger charge is 2.07. The maximum absolute atomic E-state index is 11.8. The minimum atomic E-state index is -0.204. The van der Waals surface area contributed by atoms with E-state index in [1.54, 1.807) is 26.2 Å². The molecule has 0 aliphatic heterocycles. The molecular weight excluding hydrogens is 282 g/mol.